The second-order valence-electron chi connectivity index (χ2n) is 8.51. The molecule has 1 aliphatic carbocycles. The third-order valence-corrected chi connectivity index (χ3v) is 5.40. The summed E-state index contributed by atoms with van der Waals surface area (Å²) in [5.41, 5.74) is -0.696. The number of nitrogens with zero attached hydrogens (tertiary/aromatic N) is 1. The minimum Gasteiger partial charge on any atom is -0.457 e. The standard InChI is InChI=1S/C26H21F10NO3/c27-23(28)26(35,36)40-21-9-1-4-16(12-21)14-37(15-22(38)25(32,33)34)18-6-3-8-20(13-18)39-19-7-2-5-17(10-11-19)24(29,30)31/h1-4,6-13,22-23,38H,5,14-15H2. The van der Waals surface area contributed by atoms with Gasteiger partial charge in [0.05, 0.1) is 6.54 Å². The maximum absolute atomic E-state index is 13.3. The van der Waals surface area contributed by atoms with E-state index in [1.807, 2.05) is 0 Å². The Bertz CT molecular complexity index is 1250. The fourth-order valence-electron chi connectivity index (χ4n) is 3.47. The molecule has 0 radical (unpaired) electrons. The van der Waals surface area contributed by atoms with Crippen LogP contribution < -0.4 is 14.4 Å². The SMILES string of the molecule is OC(CN(Cc1cccc(OC(F)(F)C(F)F)c1)c1cccc(OC2=CC=C(C(F)(F)F)CC=C2)c1)C(F)(F)F. The second kappa shape index (κ2) is 12.2. The Labute approximate surface area is 221 Å². The van der Waals surface area contributed by atoms with Gasteiger partial charge in [-0.15, -0.1) is 0 Å². The molecule has 3 rings (SSSR count). The van der Waals surface area contributed by atoms with Crippen molar-refractivity contribution in [3.8, 4) is 11.5 Å². The highest BCUT2D eigenvalue weighted by molar-refractivity contribution is 5.52. The maximum Gasteiger partial charge on any atom is 0.461 e. The molecule has 0 aromatic heterocycles. The zero-order valence-electron chi connectivity index (χ0n) is 20.2. The average molecular weight is 585 g/mol. The number of ether oxygens (including phenoxy) is 2. The molecule has 218 valence electrons. The predicted molar refractivity (Wildman–Crippen MR) is 124 cm³/mol. The summed E-state index contributed by atoms with van der Waals surface area (Å²) in [4.78, 5) is 1.02. The summed E-state index contributed by atoms with van der Waals surface area (Å²) in [5, 5.41) is 9.69. The zero-order valence-corrected chi connectivity index (χ0v) is 20.2. The number of anilines is 1. The number of allylic oxidation sites excluding steroid dienone is 5. The number of benzene rings is 2. The van der Waals surface area contributed by atoms with Crippen LogP contribution in [0.2, 0.25) is 0 Å². The third kappa shape index (κ3) is 8.66. The molecule has 0 saturated heterocycles. The van der Waals surface area contributed by atoms with Gasteiger partial charge in [-0.1, -0.05) is 30.4 Å². The van der Waals surface area contributed by atoms with Crippen molar-refractivity contribution >= 4 is 5.69 Å². The summed E-state index contributed by atoms with van der Waals surface area (Å²) < 4.78 is 140. The van der Waals surface area contributed by atoms with Gasteiger partial charge in [0.15, 0.2) is 6.10 Å². The van der Waals surface area contributed by atoms with E-state index in [2.05, 4.69) is 4.74 Å². The minimum atomic E-state index is -5.02. The van der Waals surface area contributed by atoms with Gasteiger partial charge in [0.25, 0.3) is 0 Å². The molecule has 1 aliphatic rings. The molecule has 1 unspecified atom stereocenters. The normalized spacial score (nSPS) is 15.3. The Hall–Kier alpha value is -3.68. The topological polar surface area (TPSA) is 41.9 Å². The second-order valence-corrected chi connectivity index (χ2v) is 8.51. The third-order valence-electron chi connectivity index (χ3n) is 5.40. The van der Waals surface area contributed by atoms with Crippen LogP contribution in [0.3, 0.4) is 0 Å². The van der Waals surface area contributed by atoms with E-state index < -0.39 is 61.8 Å². The monoisotopic (exact) mass is 585 g/mol. The van der Waals surface area contributed by atoms with Crippen molar-refractivity contribution in [1.82, 2.24) is 0 Å². The van der Waals surface area contributed by atoms with Crippen LogP contribution in [-0.2, 0) is 6.54 Å². The van der Waals surface area contributed by atoms with Crippen LogP contribution in [0, 0.1) is 0 Å². The summed E-state index contributed by atoms with van der Waals surface area (Å²) >= 11 is 0. The average Bonchev–Trinajstić information content (AvgIpc) is 3.09. The summed E-state index contributed by atoms with van der Waals surface area (Å²) in [5.74, 6) is -0.643. The maximum atomic E-state index is 13.3. The number of hydrogen-bond donors (Lipinski definition) is 1. The number of halogens is 10. The number of aliphatic hydroxyl groups is 1. The first kappa shape index (κ1) is 30.9. The van der Waals surface area contributed by atoms with Crippen molar-refractivity contribution in [3.05, 3.63) is 89.7 Å². The van der Waals surface area contributed by atoms with Crippen molar-refractivity contribution in [2.75, 3.05) is 11.4 Å². The Morgan fingerprint density at radius 3 is 2.20 bits per heavy atom. The molecule has 0 saturated carbocycles. The zero-order chi connectivity index (χ0) is 29.7. The first-order chi connectivity index (χ1) is 18.5. The van der Waals surface area contributed by atoms with Crippen LogP contribution in [-0.4, -0.2) is 42.6 Å². The van der Waals surface area contributed by atoms with Crippen molar-refractivity contribution in [2.45, 2.75) is 44.0 Å². The lowest BCUT2D eigenvalue weighted by atomic mass is 10.1. The Morgan fingerprint density at radius 2 is 1.55 bits per heavy atom. The van der Waals surface area contributed by atoms with E-state index >= 15 is 0 Å². The fourth-order valence-corrected chi connectivity index (χ4v) is 3.47. The van der Waals surface area contributed by atoms with Gasteiger partial charge in [-0.05, 0) is 48.4 Å². The summed E-state index contributed by atoms with van der Waals surface area (Å²) in [7, 11) is 0. The minimum absolute atomic E-state index is 0.00286. The molecule has 0 aliphatic heterocycles. The van der Waals surface area contributed by atoms with E-state index in [-0.39, 0.29) is 22.8 Å². The molecule has 40 heavy (non-hydrogen) atoms. The molecule has 0 heterocycles. The van der Waals surface area contributed by atoms with E-state index in [1.165, 1.54) is 42.5 Å². The van der Waals surface area contributed by atoms with Gasteiger partial charge in [0, 0.05) is 23.9 Å². The quantitative estimate of drug-likeness (QED) is 0.292. The van der Waals surface area contributed by atoms with Crippen molar-refractivity contribution < 1.29 is 58.5 Å². The molecule has 0 fully saturated rings. The lowest BCUT2D eigenvalue weighted by Crippen LogP contribution is -2.40. The van der Waals surface area contributed by atoms with E-state index in [9.17, 15) is 49.0 Å². The summed E-state index contributed by atoms with van der Waals surface area (Å²) in [6.45, 7) is -1.44. The van der Waals surface area contributed by atoms with Crippen LogP contribution in [0.5, 0.6) is 11.5 Å². The summed E-state index contributed by atoms with van der Waals surface area (Å²) in [6.07, 6.45) is -17.3. The Balaban J connectivity index is 1.88. The smallest absolute Gasteiger partial charge is 0.457 e. The van der Waals surface area contributed by atoms with Gasteiger partial charge in [-0.3, -0.25) is 0 Å². The van der Waals surface area contributed by atoms with E-state index in [1.54, 1.807) is 0 Å². The van der Waals surface area contributed by atoms with Crippen LogP contribution in [0.25, 0.3) is 0 Å². The van der Waals surface area contributed by atoms with Crippen molar-refractivity contribution in [1.29, 1.82) is 0 Å². The molecule has 1 atom stereocenters. The molecule has 1 N–H and O–H groups in total. The highest BCUT2D eigenvalue weighted by Crippen LogP contribution is 2.32. The van der Waals surface area contributed by atoms with Crippen LogP contribution >= 0.6 is 0 Å². The van der Waals surface area contributed by atoms with Gasteiger partial charge >= 0.3 is 24.9 Å². The first-order valence-corrected chi connectivity index (χ1v) is 11.4. The lowest BCUT2D eigenvalue weighted by molar-refractivity contribution is -0.253. The fraction of sp³-hybridized carbons (Fsp3) is 0.308. The van der Waals surface area contributed by atoms with Crippen molar-refractivity contribution in [3.63, 3.8) is 0 Å². The molecule has 0 amide bonds. The molecule has 0 spiro atoms. The molecule has 2 aromatic rings. The molecule has 2 aromatic carbocycles. The van der Waals surface area contributed by atoms with Gasteiger partial charge in [-0.2, -0.15) is 43.9 Å². The largest absolute Gasteiger partial charge is 0.461 e. The first-order valence-electron chi connectivity index (χ1n) is 11.4. The van der Waals surface area contributed by atoms with Crippen LogP contribution in [0.15, 0.2) is 84.2 Å². The highest BCUT2D eigenvalue weighted by Gasteiger charge is 2.44. The number of aliphatic hydroxyl groups excluding tert-OH is 1. The van der Waals surface area contributed by atoms with E-state index in [0.717, 1.165) is 35.3 Å². The molecule has 4 nitrogen and oxygen atoms in total. The molecule has 0 bridgehead atoms. The molecule has 14 heteroatoms. The highest BCUT2D eigenvalue weighted by atomic mass is 19.4. The summed E-state index contributed by atoms with van der Waals surface area (Å²) in [6, 6.07) is 9.72. The lowest BCUT2D eigenvalue weighted by Gasteiger charge is -2.29. The Morgan fingerprint density at radius 1 is 0.875 bits per heavy atom. The van der Waals surface area contributed by atoms with Crippen LogP contribution in [0.1, 0.15) is 12.0 Å². The molecular formula is C26H21F10NO3. The Kier molecular flexibility index (Phi) is 9.44. The van der Waals surface area contributed by atoms with Gasteiger partial charge < -0.3 is 19.5 Å². The number of alkyl halides is 10. The van der Waals surface area contributed by atoms with Gasteiger partial charge in [-0.25, -0.2) is 0 Å². The van der Waals surface area contributed by atoms with Gasteiger partial charge in [0.2, 0.25) is 0 Å². The number of hydrogen-bond acceptors (Lipinski definition) is 4. The van der Waals surface area contributed by atoms with E-state index in [0.29, 0.717) is 0 Å². The van der Waals surface area contributed by atoms with E-state index in [4.69, 9.17) is 4.74 Å². The van der Waals surface area contributed by atoms with Crippen molar-refractivity contribution in [2.24, 2.45) is 0 Å². The number of rotatable bonds is 10. The van der Waals surface area contributed by atoms with Gasteiger partial charge in [0.1, 0.15) is 17.3 Å². The van der Waals surface area contributed by atoms with Crippen LogP contribution in [0.4, 0.5) is 49.6 Å². The predicted octanol–water partition coefficient (Wildman–Crippen LogP) is 7.56. The molecular weight excluding hydrogens is 564 g/mol.